The summed E-state index contributed by atoms with van der Waals surface area (Å²) in [7, 11) is 0. The maximum atomic E-state index is 13.4. The van der Waals surface area contributed by atoms with Crippen molar-refractivity contribution in [3.05, 3.63) is 40.8 Å². The van der Waals surface area contributed by atoms with Gasteiger partial charge in [0.25, 0.3) is 0 Å². The van der Waals surface area contributed by atoms with E-state index in [2.05, 4.69) is 9.97 Å². The smallest absolute Gasteiger partial charge is 0.224 e. The molecule has 0 amide bonds. The van der Waals surface area contributed by atoms with Crippen LogP contribution >= 0.6 is 23.4 Å². The lowest BCUT2D eigenvalue weighted by molar-refractivity contribution is 0.449. The topological polar surface area (TPSA) is 58.8 Å². The van der Waals surface area contributed by atoms with E-state index in [4.69, 9.17) is 21.6 Å². The molecule has 0 saturated carbocycles. The minimum atomic E-state index is -0.648. The van der Waals surface area contributed by atoms with E-state index < -0.39 is 5.82 Å². The molecule has 0 aliphatic heterocycles. The summed E-state index contributed by atoms with van der Waals surface area (Å²) in [5.74, 6) is -0.402. The van der Waals surface area contributed by atoms with Crippen LogP contribution in [0.15, 0.2) is 29.4 Å². The van der Waals surface area contributed by atoms with Gasteiger partial charge in [-0.3, -0.25) is 0 Å². The fourth-order valence-electron chi connectivity index (χ4n) is 1.33. The second kappa shape index (κ2) is 5.87. The normalized spacial score (nSPS) is 10.0. The van der Waals surface area contributed by atoms with Gasteiger partial charge in [-0.15, -0.1) is 0 Å². The molecule has 0 aliphatic carbocycles. The van der Waals surface area contributed by atoms with Gasteiger partial charge in [0.15, 0.2) is 5.16 Å². The molecule has 96 valence electrons. The minimum absolute atomic E-state index is 0.0873. The zero-order chi connectivity index (χ0) is 13.8. The summed E-state index contributed by atoms with van der Waals surface area (Å²) in [6.45, 7) is 0. The maximum absolute atomic E-state index is 13.4. The molecule has 0 atom stereocenters. The number of rotatable bonds is 3. The highest BCUT2D eigenvalue weighted by molar-refractivity contribution is 7.98. The number of thioether (sulfide) groups is 1. The molecule has 0 fully saturated rings. The van der Waals surface area contributed by atoms with Gasteiger partial charge in [-0.05, 0) is 18.4 Å². The molecule has 0 spiro atoms. The SMILES string of the molecule is CSc1nc(Cl)cc(Oc2cccc(F)c2C#N)n1. The summed E-state index contributed by atoms with van der Waals surface area (Å²) in [6.07, 6.45) is 1.79. The Hall–Kier alpha value is -1.84. The molecule has 1 aromatic carbocycles. The number of nitriles is 1. The van der Waals surface area contributed by atoms with Crippen LogP contribution in [0.1, 0.15) is 5.56 Å². The van der Waals surface area contributed by atoms with E-state index in [0.29, 0.717) is 5.16 Å². The van der Waals surface area contributed by atoms with Gasteiger partial charge in [0.1, 0.15) is 28.4 Å². The summed E-state index contributed by atoms with van der Waals surface area (Å²) in [5.41, 5.74) is -0.178. The van der Waals surface area contributed by atoms with Crippen molar-refractivity contribution >= 4 is 23.4 Å². The summed E-state index contributed by atoms with van der Waals surface area (Å²) < 4.78 is 18.8. The number of hydrogen-bond donors (Lipinski definition) is 0. The van der Waals surface area contributed by atoms with Crippen LogP contribution in [0.2, 0.25) is 5.15 Å². The zero-order valence-electron chi connectivity index (χ0n) is 9.72. The Balaban J connectivity index is 2.39. The molecule has 0 saturated heterocycles. The molecule has 19 heavy (non-hydrogen) atoms. The molecule has 1 heterocycles. The van der Waals surface area contributed by atoms with Gasteiger partial charge in [0.05, 0.1) is 0 Å². The Morgan fingerprint density at radius 3 is 2.89 bits per heavy atom. The Morgan fingerprint density at radius 2 is 2.21 bits per heavy atom. The van der Waals surface area contributed by atoms with Gasteiger partial charge in [-0.1, -0.05) is 29.4 Å². The van der Waals surface area contributed by atoms with Gasteiger partial charge in [0, 0.05) is 6.07 Å². The van der Waals surface area contributed by atoms with Gasteiger partial charge in [-0.25, -0.2) is 9.37 Å². The van der Waals surface area contributed by atoms with Crippen molar-refractivity contribution in [2.45, 2.75) is 5.16 Å². The Bertz CT molecular complexity index is 660. The van der Waals surface area contributed by atoms with Crippen molar-refractivity contribution in [3.8, 4) is 17.7 Å². The van der Waals surface area contributed by atoms with Crippen LogP contribution in [0.5, 0.6) is 11.6 Å². The number of aromatic nitrogens is 2. The predicted molar refractivity (Wildman–Crippen MR) is 70.0 cm³/mol. The standard InChI is InChI=1S/C12H7ClFN3OS/c1-19-12-16-10(13)5-11(17-12)18-9-4-2-3-8(14)7(9)6-15/h2-5H,1H3. The third-order valence-electron chi connectivity index (χ3n) is 2.14. The van der Waals surface area contributed by atoms with Crippen LogP contribution in [-0.4, -0.2) is 16.2 Å². The van der Waals surface area contributed by atoms with E-state index in [1.54, 1.807) is 12.3 Å². The van der Waals surface area contributed by atoms with Crippen LogP contribution < -0.4 is 4.74 Å². The van der Waals surface area contributed by atoms with Crippen LogP contribution in [-0.2, 0) is 0 Å². The average Bonchev–Trinajstić information content (AvgIpc) is 2.38. The van der Waals surface area contributed by atoms with Gasteiger partial charge >= 0.3 is 0 Å². The fourth-order valence-corrected chi connectivity index (χ4v) is 1.93. The molecular formula is C12H7ClFN3OS. The van der Waals surface area contributed by atoms with Gasteiger partial charge < -0.3 is 4.74 Å². The van der Waals surface area contributed by atoms with E-state index in [9.17, 15) is 4.39 Å². The van der Waals surface area contributed by atoms with E-state index >= 15 is 0 Å². The highest BCUT2D eigenvalue weighted by atomic mass is 35.5. The number of hydrogen-bond acceptors (Lipinski definition) is 5. The first kappa shape index (κ1) is 13.6. The first-order valence-electron chi connectivity index (χ1n) is 5.09. The van der Waals surface area contributed by atoms with Gasteiger partial charge in [-0.2, -0.15) is 10.2 Å². The van der Waals surface area contributed by atoms with Crippen LogP contribution in [0, 0.1) is 17.1 Å². The second-order valence-electron chi connectivity index (χ2n) is 3.34. The first-order valence-corrected chi connectivity index (χ1v) is 6.69. The molecule has 2 aromatic rings. The van der Waals surface area contributed by atoms with Crippen molar-refractivity contribution < 1.29 is 9.13 Å². The van der Waals surface area contributed by atoms with E-state index in [-0.39, 0.29) is 22.3 Å². The van der Waals surface area contributed by atoms with Crippen molar-refractivity contribution in [1.82, 2.24) is 9.97 Å². The Morgan fingerprint density at radius 1 is 1.42 bits per heavy atom. The molecule has 7 heteroatoms. The van der Waals surface area contributed by atoms with Crippen molar-refractivity contribution in [2.24, 2.45) is 0 Å². The molecule has 0 radical (unpaired) electrons. The summed E-state index contributed by atoms with van der Waals surface area (Å²) in [4.78, 5) is 8.02. The summed E-state index contributed by atoms with van der Waals surface area (Å²) >= 11 is 7.11. The molecular weight excluding hydrogens is 289 g/mol. The quantitative estimate of drug-likeness (QED) is 0.491. The number of halogens is 2. The zero-order valence-corrected chi connectivity index (χ0v) is 11.3. The number of benzene rings is 1. The summed E-state index contributed by atoms with van der Waals surface area (Å²) in [5, 5.41) is 9.54. The summed E-state index contributed by atoms with van der Waals surface area (Å²) in [6, 6.07) is 7.26. The predicted octanol–water partition coefficient (Wildman–Crippen LogP) is 3.65. The van der Waals surface area contributed by atoms with Crippen molar-refractivity contribution in [1.29, 1.82) is 5.26 Å². The minimum Gasteiger partial charge on any atom is -0.437 e. The van der Waals surface area contributed by atoms with Crippen molar-refractivity contribution in [2.75, 3.05) is 6.26 Å². The van der Waals surface area contributed by atoms with Crippen LogP contribution in [0.3, 0.4) is 0 Å². The molecule has 4 nitrogen and oxygen atoms in total. The molecule has 0 bridgehead atoms. The maximum Gasteiger partial charge on any atom is 0.224 e. The Labute approximate surface area is 118 Å². The molecule has 0 unspecified atom stereocenters. The fraction of sp³-hybridized carbons (Fsp3) is 0.0833. The average molecular weight is 296 g/mol. The van der Waals surface area contributed by atoms with E-state index in [1.807, 2.05) is 0 Å². The van der Waals surface area contributed by atoms with Crippen LogP contribution in [0.25, 0.3) is 0 Å². The second-order valence-corrected chi connectivity index (χ2v) is 4.50. The third kappa shape index (κ3) is 3.13. The highest BCUT2D eigenvalue weighted by Crippen LogP contribution is 2.27. The largest absolute Gasteiger partial charge is 0.437 e. The lowest BCUT2D eigenvalue weighted by atomic mass is 10.2. The number of ether oxygens (including phenoxy) is 1. The van der Waals surface area contributed by atoms with E-state index in [0.717, 1.165) is 0 Å². The van der Waals surface area contributed by atoms with Crippen molar-refractivity contribution in [3.63, 3.8) is 0 Å². The molecule has 2 rings (SSSR count). The lowest BCUT2D eigenvalue weighted by Crippen LogP contribution is -1.95. The third-order valence-corrected chi connectivity index (χ3v) is 2.88. The molecule has 1 aromatic heterocycles. The molecule has 0 aliphatic rings. The first-order chi connectivity index (χ1) is 9.13. The van der Waals surface area contributed by atoms with Gasteiger partial charge in [0.2, 0.25) is 5.88 Å². The highest BCUT2D eigenvalue weighted by Gasteiger charge is 2.11. The monoisotopic (exact) mass is 295 g/mol. The molecule has 0 N–H and O–H groups in total. The van der Waals surface area contributed by atoms with E-state index in [1.165, 1.54) is 36.0 Å². The van der Waals surface area contributed by atoms with Crippen LogP contribution in [0.4, 0.5) is 4.39 Å². The number of nitrogens with zero attached hydrogens (tertiary/aromatic N) is 3. The lowest BCUT2D eigenvalue weighted by Gasteiger charge is -2.07. The Kier molecular flexibility index (Phi) is 4.20.